The van der Waals surface area contributed by atoms with Gasteiger partial charge in [-0.3, -0.25) is 9.30 Å². The summed E-state index contributed by atoms with van der Waals surface area (Å²) in [5.41, 5.74) is 1.83. The molecule has 27 heavy (non-hydrogen) atoms. The van der Waals surface area contributed by atoms with E-state index >= 15 is 0 Å². The van der Waals surface area contributed by atoms with Gasteiger partial charge in [-0.05, 0) is 36.8 Å². The maximum absolute atomic E-state index is 12.3. The molecule has 1 aliphatic rings. The molecule has 0 atom stereocenters. The third kappa shape index (κ3) is 4.71. The minimum Gasteiger partial charge on any atom is -0.369 e. The monoisotopic (exact) mass is 581 g/mol. The molecule has 1 aromatic carbocycles. The fourth-order valence-corrected chi connectivity index (χ4v) is 3.64. The van der Waals surface area contributed by atoms with E-state index in [1.165, 1.54) is 5.69 Å². The van der Waals surface area contributed by atoms with Crippen molar-refractivity contribution in [1.29, 1.82) is 0 Å². The van der Waals surface area contributed by atoms with E-state index in [0.717, 1.165) is 44.2 Å². The number of anilines is 1. The van der Waals surface area contributed by atoms with Crippen molar-refractivity contribution >= 4 is 22.9 Å². The second-order valence-electron chi connectivity index (χ2n) is 6.60. The Morgan fingerprint density at radius 2 is 1.81 bits per heavy atom. The smallest absolute Gasteiger partial charge is 0.350 e. The van der Waals surface area contributed by atoms with Crippen LogP contribution in [0.2, 0.25) is 5.02 Å². The molecule has 2 aromatic heterocycles. The van der Waals surface area contributed by atoms with E-state index in [2.05, 4.69) is 21.0 Å². The Bertz CT molecular complexity index is 948. The van der Waals surface area contributed by atoms with Crippen molar-refractivity contribution < 1.29 is 26.2 Å². The Balaban J connectivity index is 0.00000210. The van der Waals surface area contributed by atoms with Crippen LogP contribution in [0.4, 0.5) is 5.69 Å². The first kappa shape index (κ1) is 20.3. The third-order valence-corrected chi connectivity index (χ3v) is 5.11. The van der Waals surface area contributed by atoms with Crippen LogP contribution in [0.1, 0.15) is 6.42 Å². The van der Waals surface area contributed by atoms with Crippen LogP contribution in [0.25, 0.3) is 5.65 Å². The molecule has 0 amide bonds. The van der Waals surface area contributed by atoms with Gasteiger partial charge in [-0.2, -0.15) is 0 Å². The Labute approximate surface area is 182 Å². The zero-order valence-electron chi connectivity index (χ0n) is 15.0. The summed E-state index contributed by atoms with van der Waals surface area (Å²) in [4.78, 5) is 17.1. The Hall–Kier alpha value is -1.43. The zero-order valence-corrected chi connectivity index (χ0v) is 18.7. The van der Waals surface area contributed by atoms with Gasteiger partial charge in [0.25, 0.3) is 0 Å². The summed E-state index contributed by atoms with van der Waals surface area (Å²) in [6.07, 6.45) is 2.68. The molecule has 0 spiro atoms. The Morgan fingerprint density at radius 1 is 1.00 bits per heavy atom. The van der Waals surface area contributed by atoms with E-state index in [4.69, 9.17) is 11.6 Å². The van der Waals surface area contributed by atoms with Crippen molar-refractivity contribution in [2.45, 2.75) is 13.0 Å². The standard InChI is InChI=1S/C19H22ClN5O.At/c20-16-5-3-6-17(15-16)23-13-11-22(12-14-23)8-4-10-25-19(26)24-9-2-1-7-18(24)21-25;/h1-3,5-7,9,15H,4,8,10-14H2;. The summed E-state index contributed by atoms with van der Waals surface area (Å²) in [6, 6.07) is 13.6. The van der Waals surface area contributed by atoms with E-state index in [-0.39, 0.29) is 31.9 Å². The maximum atomic E-state index is 12.3. The van der Waals surface area contributed by atoms with Crippen molar-refractivity contribution in [1.82, 2.24) is 19.1 Å². The van der Waals surface area contributed by atoms with Crippen molar-refractivity contribution in [3.05, 3.63) is 64.2 Å². The number of pyridine rings is 1. The summed E-state index contributed by atoms with van der Waals surface area (Å²) in [5.74, 6) is 0. The van der Waals surface area contributed by atoms with Gasteiger partial charge in [-0.1, -0.05) is 23.7 Å². The van der Waals surface area contributed by atoms with E-state index in [1.54, 1.807) is 15.3 Å². The number of nitrogens with zero attached hydrogens (tertiary/aromatic N) is 5. The largest absolute Gasteiger partial charge is 0.369 e. The molecule has 3 aromatic rings. The number of hydrogen-bond donors (Lipinski definition) is 0. The normalized spacial score (nSPS) is 15.1. The van der Waals surface area contributed by atoms with Gasteiger partial charge < -0.3 is 4.90 Å². The summed E-state index contributed by atoms with van der Waals surface area (Å²) < 4.78 is 3.15. The SMILES string of the molecule is O=c1n(CCCN2CCN(c3cccc(Cl)c3)CC2)nc2ccccn12.[At]. The molecular formula is C19H22AtClN5O. The number of aryl methyl sites for hydroxylation is 1. The van der Waals surface area contributed by atoms with Gasteiger partial charge in [0.2, 0.25) is 0 Å². The van der Waals surface area contributed by atoms with E-state index in [1.807, 2.05) is 36.4 Å². The summed E-state index contributed by atoms with van der Waals surface area (Å²) >= 11 is 6.09. The van der Waals surface area contributed by atoms with Crippen LogP contribution in [0.15, 0.2) is 53.5 Å². The predicted octanol–water partition coefficient (Wildman–Crippen LogP) is 2.36. The van der Waals surface area contributed by atoms with Gasteiger partial charge in [0.05, 0.1) is 0 Å². The van der Waals surface area contributed by atoms with Crippen LogP contribution in [-0.4, -0.2) is 51.8 Å². The molecule has 0 aliphatic carbocycles. The summed E-state index contributed by atoms with van der Waals surface area (Å²) in [5, 5.41) is 5.16. The number of piperazine rings is 1. The molecular weight excluding hydrogens is 560 g/mol. The Morgan fingerprint density at radius 3 is 2.56 bits per heavy atom. The number of hydrogen-bond acceptors (Lipinski definition) is 4. The second-order valence-corrected chi connectivity index (χ2v) is 7.03. The predicted molar refractivity (Wildman–Crippen MR) is 104 cm³/mol. The minimum atomic E-state index is -0.0635. The number of rotatable bonds is 5. The second kappa shape index (κ2) is 9.18. The molecule has 6 nitrogen and oxygen atoms in total. The molecule has 0 bridgehead atoms. The van der Waals surface area contributed by atoms with Crippen LogP contribution in [0.3, 0.4) is 0 Å². The minimum absolute atomic E-state index is 0. The maximum Gasteiger partial charge on any atom is 0.350 e. The van der Waals surface area contributed by atoms with Gasteiger partial charge >= 0.3 is 5.69 Å². The third-order valence-electron chi connectivity index (χ3n) is 4.88. The Kier molecular flexibility index (Phi) is 6.90. The first-order valence-corrected chi connectivity index (χ1v) is 9.35. The molecule has 3 heterocycles. The van der Waals surface area contributed by atoms with E-state index in [9.17, 15) is 4.79 Å². The summed E-state index contributed by atoms with van der Waals surface area (Å²) in [7, 11) is 0. The quantitative estimate of drug-likeness (QED) is 0.464. The van der Waals surface area contributed by atoms with Crippen LogP contribution >= 0.6 is 11.6 Å². The fraction of sp³-hybridized carbons (Fsp3) is 0.368. The number of benzene rings is 1. The van der Waals surface area contributed by atoms with Crippen molar-refractivity contribution in [3.63, 3.8) is 0 Å². The topological polar surface area (TPSA) is 45.8 Å². The molecule has 0 unspecified atom stereocenters. The fourth-order valence-electron chi connectivity index (χ4n) is 3.46. The first-order chi connectivity index (χ1) is 12.7. The van der Waals surface area contributed by atoms with E-state index < -0.39 is 0 Å². The molecule has 0 saturated carbocycles. The first-order valence-electron chi connectivity index (χ1n) is 8.98. The van der Waals surface area contributed by atoms with E-state index in [0.29, 0.717) is 12.2 Å². The van der Waals surface area contributed by atoms with Crippen molar-refractivity contribution in [3.8, 4) is 0 Å². The molecule has 1 saturated heterocycles. The van der Waals surface area contributed by atoms with Gasteiger partial charge in [0.15, 0.2) is 5.65 Å². The molecule has 1 fully saturated rings. The van der Waals surface area contributed by atoms with Crippen LogP contribution in [0.5, 0.6) is 0 Å². The molecule has 8 heteroatoms. The average Bonchev–Trinajstić information content (AvgIpc) is 2.99. The van der Waals surface area contributed by atoms with Crippen LogP contribution in [-0.2, 0) is 6.54 Å². The van der Waals surface area contributed by atoms with Gasteiger partial charge in [-0.15, -0.1) is 5.10 Å². The molecule has 4 rings (SSSR count). The average molecular weight is 582 g/mol. The van der Waals surface area contributed by atoms with Gasteiger partial charge in [0, 0.05) is 82.4 Å². The number of aromatic nitrogens is 3. The molecule has 1 radical (unpaired) electrons. The summed E-state index contributed by atoms with van der Waals surface area (Å²) in [6.45, 7) is 5.65. The van der Waals surface area contributed by atoms with Crippen molar-refractivity contribution in [2.24, 2.45) is 0 Å². The van der Waals surface area contributed by atoms with Gasteiger partial charge in [0.1, 0.15) is 0 Å². The molecule has 1 aliphatic heterocycles. The number of halogens is 1. The van der Waals surface area contributed by atoms with Crippen LogP contribution < -0.4 is 10.6 Å². The molecule has 143 valence electrons. The van der Waals surface area contributed by atoms with Gasteiger partial charge in [-0.25, -0.2) is 9.48 Å². The molecule has 0 N–H and O–H groups in total. The van der Waals surface area contributed by atoms with Crippen molar-refractivity contribution in [2.75, 3.05) is 37.6 Å². The number of fused-ring (bicyclic) bond motifs is 1. The zero-order chi connectivity index (χ0) is 17.9. The van der Waals surface area contributed by atoms with Crippen LogP contribution in [0, 0.1) is 26.2 Å².